The molecule has 0 aliphatic carbocycles. The molecular weight excluding hydrogens is 432 g/mol. The number of aliphatic carboxylic acids is 1. The number of hydrogen-bond acceptors (Lipinski definition) is 7. The SMILES string of the molecule is CCN(CC)c1c(N[C@@H](Cc2ccc(Nc3ccnc4ccccc34)cc2)C(=O)O)c(=O)c1=O. The van der Waals surface area contributed by atoms with Crippen LogP contribution in [-0.4, -0.2) is 35.2 Å². The molecule has 34 heavy (non-hydrogen) atoms. The van der Waals surface area contributed by atoms with Gasteiger partial charge >= 0.3 is 5.97 Å². The predicted molar refractivity (Wildman–Crippen MR) is 135 cm³/mol. The minimum atomic E-state index is -1.09. The van der Waals surface area contributed by atoms with Crippen molar-refractivity contribution in [3.63, 3.8) is 0 Å². The van der Waals surface area contributed by atoms with E-state index in [-0.39, 0.29) is 17.8 Å². The topological polar surface area (TPSA) is 112 Å². The number of aromatic nitrogens is 1. The fourth-order valence-electron chi connectivity index (χ4n) is 4.05. The van der Waals surface area contributed by atoms with E-state index in [0.717, 1.165) is 27.8 Å². The Balaban J connectivity index is 1.50. The highest BCUT2D eigenvalue weighted by molar-refractivity contribution is 5.92. The van der Waals surface area contributed by atoms with Gasteiger partial charge in [-0.1, -0.05) is 30.3 Å². The van der Waals surface area contributed by atoms with Crippen LogP contribution in [0.1, 0.15) is 19.4 Å². The molecule has 8 heteroatoms. The van der Waals surface area contributed by atoms with E-state index >= 15 is 0 Å². The number of nitrogens with zero attached hydrogens (tertiary/aromatic N) is 2. The van der Waals surface area contributed by atoms with Gasteiger partial charge < -0.3 is 20.6 Å². The molecule has 4 rings (SSSR count). The second-order valence-corrected chi connectivity index (χ2v) is 7.99. The van der Waals surface area contributed by atoms with Crippen molar-refractivity contribution in [2.24, 2.45) is 0 Å². The number of carboxylic acids is 1. The summed E-state index contributed by atoms with van der Waals surface area (Å²) in [7, 11) is 0. The Morgan fingerprint density at radius 2 is 1.71 bits per heavy atom. The Hall–Kier alpha value is -4.20. The van der Waals surface area contributed by atoms with E-state index in [1.807, 2.05) is 68.4 Å². The summed E-state index contributed by atoms with van der Waals surface area (Å²) in [6.07, 6.45) is 1.90. The number of hydrogen-bond donors (Lipinski definition) is 3. The molecule has 4 aromatic rings. The monoisotopic (exact) mass is 458 g/mol. The maximum absolute atomic E-state index is 12.1. The summed E-state index contributed by atoms with van der Waals surface area (Å²) in [5.41, 5.74) is 2.56. The molecule has 0 aliphatic heterocycles. The van der Waals surface area contributed by atoms with Gasteiger partial charge in [0, 0.05) is 42.5 Å². The second-order valence-electron chi connectivity index (χ2n) is 7.99. The van der Waals surface area contributed by atoms with Crippen LogP contribution < -0.4 is 26.4 Å². The van der Waals surface area contributed by atoms with E-state index in [1.165, 1.54) is 0 Å². The lowest BCUT2D eigenvalue weighted by Gasteiger charge is -2.26. The fourth-order valence-corrected chi connectivity index (χ4v) is 4.05. The van der Waals surface area contributed by atoms with Crippen LogP contribution in [0.4, 0.5) is 22.7 Å². The number of carbonyl (C=O) groups is 1. The molecule has 1 heterocycles. The molecule has 0 aliphatic rings. The maximum atomic E-state index is 12.1. The average molecular weight is 459 g/mol. The third-order valence-corrected chi connectivity index (χ3v) is 5.90. The zero-order chi connectivity index (χ0) is 24.2. The van der Waals surface area contributed by atoms with E-state index < -0.39 is 22.9 Å². The van der Waals surface area contributed by atoms with Crippen molar-refractivity contribution in [2.45, 2.75) is 26.3 Å². The molecule has 174 valence electrons. The third-order valence-electron chi connectivity index (χ3n) is 5.90. The summed E-state index contributed by atoms with van der Waals surface area (Å²) in [5.74, 6) is -1.09. The van der Waals surface area contributed by atoms with Crippen LogP contribution in [0.5, 0.6) is 0 Å². The Morgan fingerprint density at radius 1 is 1.00 bits per heavy atom. The quantitative estimate of drug-likeness (QED) is 0.310. The van der Waals surface area contributed by atoms with Crippen LogP contribution >= 0.6 is 0 Å². The molecule has 1 atom stereocenters. The van der Waals surface area contributed by atoms with Gasteiger partial charge in [-0.3, -0.25) is 14.6 Å². The van der Waals surface area contributed by atoms with Crippen LogP contribution in [0.2, 0.25) is 0 Å². The molecule has 0 saturated heterocycles. The summed E-state index contributed by atoms with van der Waals surface area (Å²) in [6, 6.07) is 16.1. The lowest BCUT2D eigenvalue weighted by Crippen LogP contribution is -2.45. The first-order chi connectivity index (χ1) is 16.4. The van der Waals surface area contributed by atoms with Crippen molar-refractivity contribution >= 4 is 39.6 Å². The minimum Gasteiger partial charge on any atom is -0.480 e. The zero-order valence-corrected chi connectivity index (χ0v) is 19.0. The van der Waals surface area contributed by atoms with Gasteiger partial charge in [-0.15, -0.1) is 0 Å². The number of carboxylic acid groups (broad SMARTS) is 1. The van der Waals surface area contributed by atoms with Gasteiger partial charge in [0.25, 0.3) is 10.9 Å². The molecule has 0 spiro atoms. The van der Waals surface area contributed by atoms with Crippen LogP contribution in [0.25, 0.3) is 10.9 Å². The zero-order valence-electron chi connectivity index (χ0n) is 19.0. The molecule has 0 amide bonds. The van der Waals surface area contributed by atoms with Gasteiger partial charge in [0.1, 0.15) is 17.4 Å². The van der Waals surface area contributed by atoms with Crippen molar-refractivity contribution in [3.05, 3.63) is 86.8 Å². The van der Waals surface area contributed by atoms with Crippen molar-refractivity contribution in [3.8, 4) is 0 Å². The first-order valence-corrected chi connectivity index (χ1v) is 11.2. The number of anilines is 4. The second kappa shape index (κ2) is 9.74. The molecule has 0 fully saturated rings. The fraction of sp³-hybridized carbons (Fsp3) is 0.231. The number of para-hydroxylation sites is 1. The van der Waals surface area contributed by atoms with Gasteiger partial charge in [0.15, 0.2) is 0 Å². The Morgan fingerprint density at radius 3 is 2.38 bits per heavy atom. The third kappa shape index (κ3) is 4.47. The summed E-state index contributed by atoms with van der Waals surface area (Å²) >= 11 is 0. The standard InChI is InChI=1S/C26H26N4O4/c1-3-30(4-2)23-22(24(31)25(23)32)29-21(26(33)34)15-16-9-11-17(12-10-16)28-20-13-14-27-19-8-6-5-7-18(19)20/h5-14,21,29H,3-4,15H2,1-2H3,(H,27,28)(H,33,34)/t21-/m0/s1. The number of benzene rings is 2. The summed E-state index contributed by atoms with van der Waals surface area (Å²) in [6.45, 7) is 4.86. The van der Waals surface area contributed by atoms with E-state index in [4.69, 9.17) is 0 Å². The van der Waals surface area contributed by atoms with Crippen molar-refractivity contribution in [1.29, 1.82) is 0 Å². The molecule has 3 aromatic carbocycles. The maximum Gasteiger partial charge on any atom is 0.326 e. The van der Waals surface area contributed by atoms with Crippen LogP contribution in [0, 0.1) is 0 Å². The smallest absolute Gasteiger partial charge is 0.326 e. The highest BCUT2D eigenvalue weighted by atomic mass is 16.4. The van der Waals surface area contributed by atoms with Gasteiger partial charge in [-0.2, -0.15) is 0 Å². The van der Waals surface area contributed by atoms with E-state index in [9.17, 15) is 19.5 Å². The van der Waals surface area contributed by atoms with Crippen LogP contribution in [0.15, 0.2) is 70.4 Å². The minimum absolute atomic E-state index is 0.0870. The molecule has 0 radical (unpaired) electrons. The molecule has 1 aromatic heterocycles. The van der Waals surface area contributed by atoms with Crippen molar-refractivity contribution in [1.82, 2.24) is 4.98 Å². The largest absolute Gasteiger partial charge is 0.480 e. The summed E-state index contributed by atoms with van der Waals surface area (Å²) < 4.78 is 0. The number of nitrogens with one attached hydrogen (secondary N) is 2. The molecule has 0 unspecified atom stereocenters. The molecular formula is C26H26N4O4. The highest BCUT2D eigenvalue weighted by Crippen LogP contribution is 2.26. The predicted octanol–water partition coefficient (Wildman–Crippen LogP) is 3.53. The van der Waals surface area contributed by atoms with E-state index in [1.54, 1.807) is 11.1 Å². The van der Waals surface area contributed by atoms with Gasteiger partial charge in [-0.25, -0.2) is 4.79 Å². The first-order valence-electron chi connectivity index (χ1n) is 11.2. The van der Waals surface area contributed by atoms with Crippen molar-refractivity contribution in [2.75, 3.05) is 28.6 Å². The normalized spacial score (nSPS) is 11.9. The van der Waals surface area contributed by atoms with Crippen LogP contribution in [-0.2, 0) is 11.2 Å². The summed E-state index contributed by atoms with van der Waals surface area (Å²) in [4.78, 5) is 42.2. The van der Waals surface area contributed by atoms with Crippen LogP contribution in [0.3, 0.4) is 0 Å². The first kappa shape index (κ1) is 23.0. The average Bonchev–Trinajstić information content (AvgIpc) is 2.86. The van der Waals surface area contributed by atoms with Gasteiger partial charge in [0.05, 0.1) is 5.52 Å². The Kier molecular flexibility index (Phi) is 6.58. The molecule has 0 bridgehead atoms. The van der Waals surface area contributed by atoms with E-state index in [2.05, 4.69) is 15.6 Å². The van der Waals surface area contributed by atoms with Gasteiger partial charge in [0.2, 0.25) is 0 Å². The van der Waals surface area contributed by atoms with E-state index in [0.29, 0.717) is 13.1 Å². The molecule has 8 nitrogen and oxygen atoms in total. The lowest BCUT2D eigenvalue weighted by atomic mass is 10.0. The number of rotatable bonds is 10. The Bertz CT molecular complexity index is 1380. The number of pyridine rings is 1. The van der Waals surface area contributed by atoms with Crippen molar-refractivity contribution < 1.29 is 9.90 Å². The molecule has 0 saturated carbocycles. The highest BCUT2D eigenvalue weighted by Gasteiger charge is 2.28. The summed E-state index contributed by atoms with van der Waals surface area (Å²) in [5, 5.41) is 16.9. The van der Waals surface area contributed by atoms with Gasteiger partial charge in [-0.05, 0) is 43.7 Å². The lowest BCUT2D eigenvalue weighted by molar-refractivity contribution is -0.137. The number of fused-ring (bicyclic) bond motifs is 1. The molecule has 3 N–H and O–H groups in total. The Labute approximate surface area is 196 Å².